The first kappa shape index (κ1) is 19.6. The maximum Gasteiger partial charge on any atom is 0.310 e. The predicted molar refractivity (Wildman–Crippen MR) is 114 cm³/mol. The fourth-order valence-electron chi connectivity index (χ4n) is 3.99. The molecule has 0 aliphatic heterocycles. The lowest BCUT2D eigenvalue weighted by Gasteiger charge is -2.26. The lowest BCUT2D eigenvalue weighted by Crippen LogP contribution is -2.22. The van der Waals surface area contributed by atoms with Crippen molar-refractivity contribution in [2.45, 2.75) is 31.8 Å². The number of hydrogen-bond acceptors (Lipinski definition) is 5. The molecule has 1 atom stereocenters. The smallest absolute Gasteiger partial charge is 0.310 e. The van der Waals surface area contributed by atoms with Gasteiger partial charge in [0.05, 0.1) is 10.6 Å². The van der Waals surface area contributed by atoms with Gasteiger partial charge in [-0.2, -0.15) is 0 Å². The zero-order chi connectivity index (χ0) is 20.9. The highest BCUT2D eigenvalue weighted by Crippen LogP contribution is 2.35. The molecule has 0 fully saturated rings. The van der Waals surface area contributed by atoms with Crippen LogP contribution in [-0.2, 0) is 19.4 Å². The molecule has 6 nitrogen and oxygen atoms in total. The van der Waals surface area contributed by atoms with Crippen LogP contribution in [-0.4, -0.2) is 15.8 Å². The van der Waals surface area contributed by atoms with Crippen molar-refractivity contribution in [1.82, 2.24) is 0 Å². The molecule has 1 unspecified atom stereocenters. The number of benzene rings is 3. The van der Waals surface area contributed by atoms with Crippen LogP contribution in [0.1, 0.15) is 34.6 Å². The molecule has 1 N–H and O–H groups in total. The molecule has 3 aromatic carbocycles. The lowest BCUT2D eigenvalue weighted by atomic mass is 9.78. The second-order valence-electron chi connectivity index (χ2n) is 7.38. The van der Waals surface area contributed by atoms with Gasteiger partial charge in [0.2, 0.25) is 0 Å². The van der Waals surface area contributed by atoms with Crippen LogP contribution < -0.4 is 4.74 Å². The van der Waals surface area contributed by atoms with Crippen molar-refractivity contribution < 1.29 is 14.9 Å². The highest BCUT2D eigenvalue weighted by molar-refractivity contribution is 5.92. The summed E-state index contributed by atoms with van der Waals surface area (Å²) in [4.78, 5) is 11.0. The van der Waals surface area contributed by atoms with Gasteiger partial charge < -0.3 is 9.94 Å². The Morgan fingerprint density at radius 2 is 1.77 bits per heavy atom. The second kappa shape index (κ2) is 8.78. The number of oxime groups is 1. The molecule has 0 saturated carbocycles. The number of rotatable bonds is 6. The molecule has 0 bridgehead atoms. The van der Waals surface area contributed by atoms with Crippen LogP contribution in [0.4, 0.5) is 5.69 Å². The van der Waals surface area contributed by atoms with E-state index in [9.17, 15) is 15.3 Å². The molecule has 0 saturated heterocycles. The fourth-order valence-corrected chi connectivity index (χ4v) is 3.99. The van der Waals surface area contributed by atoms with Crippen LogP contribution in [0.2, 0.25) is 0 Å². The van der Waals surface area contributed by atoms with Gasteiger partial charge in [-0.05, 0) is 47.6 Å². The molecular weight excluding hydrogens is 380 g/mol. The highest BCUT2D eigenvalue weighted by Gasteiger charge is 2.27. The monoisotopic (exact) mass is 402 g/mol. The van der Waals surface area contributed by atoms with Gasteiger partial charge in [-0.3, -0.25) is 10.1 Å². The fraction of sp³-hybridized carbons (Fsp3) is 0.208. The Balaban J connectivity index is 1.62. The van der Waals surface area contributed by atoms with E-state index in [2.05, 4.69) is 17.3 Å². The summed E-state index contributed by atoms with van der Waals surface area (Å²) in [6.45, 7) is 0.251. The zero-order valence-corrected chi connectivity index (χ0v) is 16.4. The number of nitrogens with zero attached hydrogens (tertiary/aromatic N) is 2. The van der Waals surface area contributed by atoms with Crippen LogP contribution in [0.15, 0.2) is 78.0 Å². The van der Waals surface area contributed by atoms with E-state index < -0.39 is 4.92 Å². The Labute approximate surface area is 174 Å². The summed E-state index contributed by atoms with van der Waals surface area (Å²) in [5, 5.41) is 24.5. The highest BCUT2D eigenvalue weighted by atomic mass is 16.6. The normalized spacial score (nSPS) is 16.8. The zero-order valence-electron chi connectivity index (χ0n) is 16.4. The van der Waals surface area contributed by atoms with E-state index in [-0.39, 0.29) is 24.0 Å². The van der Waals surface area contributed by atoms with Gasteiger partial charge in [0.15, 0.2) is 5.75 Å². The van der Waals surface area contributed by atoms with Gasteiger partial charge >= 0.3 is 5.69 Å². The quantitative estimate of drug-likeness (QED) is 0.345. The molecular formula is C24H22N2O4. The Morgan fingerprint density at radius 1 is 1.00 bits per heavy atom. The minimum Gasteiger partial charge on any atom is -0.482 e. The second-order valence-corrected chi connectivity index (χ2v) is 7.38. The third kappa shape index (κ3) is 4.17. The molecule has 0 spiro atoms. The van der Waals surface area contributed by atoms with E-state index >= 15 is 0 Å². The number of nitro groups is 1. The molecule has 1 aliphatic carbocycles. The van der Waals surface area contributed by atoms with Gasteiger partial charge in [0, 0.05) is 12.0 Å². The van der Waals surface area contributed by atoms with E-state index in [1.807, 2.05) is 42.5 Å². The summed E-state index contributed by atoms with van der Waals surface area (Å²) in [7, 11) is 0. The van der Waals surface area contributed by atoms with Crippen molar-refractivity contribution in [2.75, 3.05) is 0 Å². The Kier molecular flexibility index (Phi) is 5.75. The maximum absolute atomic E-state index is 11.5. The summed E-state index contributed by atoms with van der Waals surface area (Å²) in [6.07, 6.45) is 2.12. The van der Waals surface area contributed by atoms with Gasteiger partial charge in [-0.1, -0.05) is 65.8 Å². The van der Waals surface area contributed by atoms with Crippen molar-refractivity contribution in [1.29, 1.82) is 0 Å². The Hall–Kier alpha value is -3.67. The number of fused-ring (bicyclic) bond motifs is 1. The molecule has 0 aromatic heterocycles. The summed E-state index contributed by atoms with van der Waals surface area (Å²) in [5.74, 6) is 0.177. The molecule has 0 radical (unpaired) electrons. The van der Waals surface area contributed by atoms with Gasteiger partial charge in [0.25, 0.3) is 0 Å². The van der Waals surface area contributed by atoms with E-state index in [1.165, 1.54) is 11.6 Å². The van der Waals surface area contributed by atoms with Crippen LogP contribution >= 0.6 is 0 Å². The van der Waals surface area contributed by atoms with Crippen molar-refractivity contribution in [3.05, 3.63) is 105 Å². The molecule has 4 rings (SSSR count). The van der Waals surface area contributed by atoms with E-state index in [4.69, 9.17) is 4.74 Å². The Morgan fingerprint density at radius 3 is 2.53 bits per heavy atom. The van der Waals surface area contributed by atoms with Gasteiger partial charge in [0.1, 0.15) is 6.61 Å². The first-order chi connectivity index (χ1) is 14.7. The van der Waals surface area contributed by atoms with E-state index in [1.54, 1.807) is 12.1 Å². The maximum atomic E-state index is 11.5. The van der Waals surface area contributed by atoms with E-state index in [0.717, 1.165) is 28.8 Å². The topological polar surface area (TPSA) is 85.0 Å². The molecule has 6 heteroatoms. The molecule has 30 heavy (non-hydrogen) atoms. The number of hydrogen-bond donors (Lipinski definition) is 1. The summed E-state index contributed by atoms with van der Waals surface area (Å²) < 4.78 is 5.82. The Bertz CT molecular complexity index is 1080. The molecule has 0 amide bonds. The standard InChI is InChI=1S/C24H22N2O4/c27-25-22-12-11-19-8-4-5-9-20(19)21(22)14-18-10-13-23(26(28)29)24(15-18)30-16-17-6-2-1-3-7-17/h1-10,13,15,21,27H,11-12,14,16H2/b25-22+. The minimum atomic E-state index is -0.430. The first-order valence-electron chi connectivity index (χ1n) is 9.88. The SMILES string of the molecule is O=[N+]([O-])c1ccc(CC2/C(=N/O)CCc3ccccc32)cc1OCc1ccccc1. The predicted octanol–water partition coefficient (Wildman–Crippen LogP) is 5.28. The molecule has 3 aromatic rings. The van der Waals surface area contributed by atoms with Crippen LogP contribution in [0.5, 0.6) is 5.75 Å². The van der Waals surface area contributed by atoms with Crippen LogP contribution in [0.25, 0.3) is 0 Å². The lowest BCUT2D eigenvalue weighted by molar-refractivity contribution is -0.386. The average Bonchev–Trinajstić information content (AvgIpc) is 2.78. The van der Waals surface area contributed by atoms with Gasteiger partial charge in [-0.15, -0.1) is 0 Å². The third-order valence-corrected chi connectivity index (χ3v) is 5.51. The van der Waals surface area contributed by atoms with Crippen molar-refractivity contribution >= 4 is 11.4 Å². The van der Waals surface area contributed by atoms with E-state index in [0.29, 0.717) is 12.8 Å². The number of aryl methyl sites for hydroxylation is 1. The van der Waals surface area contributed by atoms with Crippen molar-refractivity contribution in [2.24, 2.45) is 5.16 Å². The molecule has 1 aliphatic rings. The summed E-state index contributed by atoms with van der Waals surface area (Å²) in [6, 6.07) is 22.7. The minimum absolute atomic E-state index is 0.0604. The van der Waals surface area contributed by atoms with Gasteiger partial charge in [-0.25, -0.2) is 0 Å². The largest absolute Gasteiger partial charge is 0.482 e. The number of nitro benzene ring substituents is 1. The van der Waals surface area contributed by atoms with Crippen molar-refractivity contribution in [3.63, 3.8) is 0 Å². The van der Waals surface area contributed by atoms with Crippen LogP contribution in [0.3, 0.4) is 0 Å². The first-order valence-corrected chi connectivity index (χ1v) is 9.88. The molecule has 0 heterocycles. The van der Waals surface area contributed by atoms with Crippen molar-refractivity contribution in [3.8, 4) is 5.75 Å². The molecule has 152 valence electrons. The number of ether oxygens (including phenoxy) is 1. The van der Waals surface area contributed by atoms with Crippen LogP contribution in [0, 0.1) is 10.1 Å². The summed E-state index contributed by atoms with van der Waals surface area (Å²) >= 11 is 0. The summed E-state index contributed by atoms with van der Waals surface area (Å²) in [5.41, 5.74) is 4.90. The third-order valence-electron chi connectivity index (χ3n) is 5.51. The average molecular weight is 402 g/mol.